The maximum Gasteiger partial charge on any atom is 0.129 e. The molecule has 0 saturated carbocycles. The molecule has 1 saturated heterocycles. The highest BCUT2D eigenvalue weighted by Crippen LogP contribution is 2.31. The number of hydrogen-bond donors (Lipinski definition) is 1. The van der Waals surface area contributed by atoms with Gasteiger partial charge in [0.15, 0.2) is 0 Å². The monoisotopic (exact) mass is 193 g/mol. The lowest BCUT2D eigenvalue weighted by atomic mass is 9.93. The Balaban J connectivity index is 2.17. The van der Waals surface area contributed by atoms with Gasteiger partial charge >= 0.3 is 0 Å². The van der Waals surface area contributed by atoms with Crippen LogP contribution in [0.15, 0.2) is 24.3 Å². The van der Waals surface area contributed by atoms with Gasteiger partial charge in [0.1, 0.15) is 6.17 Å². The predicted molar refractivity (Wildman–Crippen MR) is 56.0 cm³/mol. The van der Waals surface area contributed by atoms with Crippen LogP contribution in [0.5, 0.6) is 0 Å². The highest BCUT2D eigenvalue weighted by Gasteiger charge is 2.26. The van der Waals surface area contributed by atoms with E-state index in [1.807, 2.05) is 31.2 Å². The van der Waals surface area contributed by atoms with Crippen LogP contribution in [0.1, 0.15) is 23.7 Å². The van der Waals surface area contributed by atoms with Crippen molar-refractivity contribution in [3.63, 3.8) is 0 Å². The zero-order chi connectivity index (χ0) is 9.97. The van der Waals surface area contributed by atoms with E-state index in [0.29, 0.717) is 0 Å². The first-order valence-electron chi connectivity index (χ1n) is 5.19. The second-order valence-corrected chi connectivity index (χ2v) is 4.01. The van der Waals surface area contributed by atoms with Crippen molar-refractivity contribution in [2.24, 2.45) is 5.92 Å². The third kappa shape index (κ3) is 1.80. The lowest BCUT2D eigenvalue weighted by molar-refractivity contribution is 0.245. The topological polar surface area (TPSA) is 12.0 Å². The molecule has 2 atom stereocenters. The van der Waals surface area contributed by atoms with Crippen LogP contribution in [0.2, 0.25) is 0 Å². The van der Waals surface area contributed by atoms with E-state index in [2.05, 4.69) is 5.32 Å². The first kappa shape index (κ1) is 9.66. The number of halogens is 1. The number of hydrogen-bond acceptors (Lipinski definition) is 1. The summed E-state index contributed by atoms with van der Waals surface area (Å²) in [5, 5.41) is 3.20. The van der Waals surface area contributed by atoms with Gasteiger partial charge in [-0.25, -0.2) is 4.39 Å². The van der Waals surface area contributed by atoms with Crippen molar-refractivity contribution in [2.45, 2.75) is 19.5 Å². The van der Waals surface area contributed by atoms with Crippen LogP contribution >= 0.6 is 0 Å². The Kier molecular flexibility index (Phi) is 2.82. The van der Waals surface area contributed by atoms with Gasteiger partial charge in [0.25, 0.3) is 0 Å². The molecule has 0 amide bonds. The highest BCUT2D eigenvalue weighted by molar-refractivity contribution is 5.28. The van der Waals surface area contributed by atoms with Gasteiger partial charge in [-0.2, -0.15) is 0 Å². The molecule has 1 nitrogen and oxygen atoms in total. The number of nitrogens with one attached hydrogen (secondary N) is 1. The SMILES string of the molecule is Cc1ccccc1C(F)C1CCNC1. The number of aryl methyl sites for hydroxylation is 1. The fraction of sp³-hybridized carbons (Fsp3) is 0.500. The van der Waals surface area contributed by atoms with Crippen molar-refractivity contribution in [3.8, 4) is 0 Å². The first-order valence-corrected chi connectivity index (χ1v) is 5.19. The van der Waals surface area contributed by atoms with Crippen molar-refractivity contribution < 1.29 is 4.39 Å². The summed E-state index contributed by atoms with van der Waals surface area (Å²) in [6.07, 6.45) is 0.154. The summed E-state index contributed by atoms with van der Waals surface area (Å²) in [5.74, 6) is 0.163. The Morgan fingerprint density at radius 2 is 2.21 bits per heavy atom. The quantitative estimate of drug-likeness (QED) is 0.761. The molecular weight excluding hydrogens is 177 g/mol. The van der Waals surface area contributed by atoms with E-state index >= 15 is 0 Å². The molecule has 1 aliphatic rings. The fourth-order valence-corrected chi connectivity index (χ4v) is 2.08. The summed E-state index contributed by atoms with van der Waals surface area (Å²) in [7, 11) is 0. The molecule has 0 aliphatic carbocycles. The van der Waals surface area contributed by atoms with Crippen LogP contribution in [0, 0.1) is 12.8 Å². The van der Waals surface area contributed by atoms with Gasteiger partial charge in [0.2, 0.25) is 0 Å². The van der Waals surface area contributed by atoms with E-state index in [4.69, 9.17) is 0 Å². The smallest absolute Gasteiger partial charge is 0.129 e. The molecule has 0 radical (unpaired) electrons. The minimum absolute atomic E-state index is 0.163. The van der Waals surface area contributed by atoms with Crippen LogP contribution in [-0.2, 0) is 0 Å². The van der Waals surface area contributed by atoms with Crippen LogP contribution < -0.4 is 5.32 Å². The number of rotatable bonds is 2. The number of benzene rings is 1. The summed E-state index contributed by atoms with van der Waals surface area (Å²) >= 11 is 0. The van der Waals surface area contributed by atoms with Gasteiger partial charge in [0, 0.05) is 12.5 Å². The lowest BCUT2D eigenvalue weighted by Crippen LogP contribution is -2.14. The molecular formula is C12H16FN. The Morgan fingerprint density at radius 3 is 2.86 bits per heavy atom. The van der Waals surface area contributed by atoms with E-state index in [1.54, 1.807) is 0 Å². The lowest BCUT2D eigenvalue weighted by Gasteiger charge is -2.16. The molecule has 2 unspecified atom stereocenters. The van der Waals surface area contributed by atoms with Gasteiger partial charge in [0.05, 0.1) is 0 Å². The van der Waals surface area contributed by atoms with Crippen molar-refractivity contribution in [1.29, 1.82) is 0 Å². The van der Waals surface area contributed by atoms with Crippen LogP contribution in [0.25, 0.3) is 0 Å². The van der Waals surface area contributed by atoms with Gasteiger partial charge in [-0.15, -0.1) is 0 Å². The second-order valence-electron chi connectivity index (χ2n) is 4.01. The molecule has 1 N–H and O–H groups in total. The third-order valence-corrected chi connectivity index (χ3v) is 3.00. The maximum absolute atomic E-state index is 14.1. The Morgan fingerprint density at radius 1 is 1.43 bits per heavy atom. The highest BCUT2D eigenvalue weighted by atomic mass is 19.1. The molecule has 0 aromatic heterocycles. The second kappa shape index (κ2) is 4.09. The molecule has 1 fully saturated rings. The predicted octanol–water partition coefficient (Wildman–Crippen LogP) is 2.62. The van der Waals surface area contributed by atoms with Crippen molar-refractivity contribution in [1.82, 2.24) is 5.32 Å². The van der Waals surface area contributed by atoms with Crippen molar-refractivity contribution in [3.05, 3.63) is 35.4 Å². The average Bonchev–Trinajstić information content (AvgIpc) is 2.70. The summed E-state index contributed by atoms with van der Waals surface area (Å²) in [4.78, 5) is 0. The summed E-state index contributed by atoms with van der Waals surface area (Å²) in [6.45, 7) is 3.75. The Labute approximate surface area is 84.3 Å². The van der Waals surface area contributed by atoms with Gasteiger partial charge in [-0.1, -0.05) is 24.3 Å². The maximum atomic E-state index is 14.1. The minimum Gasteiger partial charge on any atom is -0.316 e. The summed E-state index contributed by atoms with van der Waals surface area (Å²) < 4.78 is 14.1. The zero-order valence-corrected chi connectivity index (χ0v) is 8.46. The van der Waals surface area contributed by atoms with E-state index in [-0.39, 0.29) is 5.92 Å². The molecule has 2 heteroatoms. The molecule has 1 aliphatic heterocycles. The van der Waals surface area contributed by atoms with E-state index in [1.165, 1.54) is 0 Å². The summed E-state index contributed by atoms with van der Waals surface area (Å²) in [6, 6.07) is 7.75. The molecule has 0 spiro atoms. The van der Waals surface area contributed by atoms with Gasteiger partial charge in [-0.05, 0) is 31.0 Å². The summed E-state index contributed by atoms with van der Waals surface area (Å²) in [5.41, 5.74) is 1.92. The third-order valence-electron chi connectivity index (χ3n) is 3.00. The normalized spacial score (nSPS) is 23.7. The molecule has 1 aromatic carbocycles. The van der Waals surface area contributed by atoms with Crippen LogP contribution in [0.3, 0.4) is 0 Å². The van der Waals surface area contributed by atoms with Crippen molar-refractivity contribution in [2.75, 3.05) is 13.1 Å². The molecule has 2 rings (SSSR count). The van der Waals surface area contributed by atoms with Crippen LogP contribution in [-0.4, -0.2) is 13.1 Å². The van der Waals surface area contributed by atoms with E-state index in [0.717, 1.165) is 30.6 Å². The van der Waals surface area contributed by atoms with E-state index in [9.17, 15) is 4.39 Å². The molecule has 0 bridgehead atoms. The minimum atomic E-state index is -0.800. The molecule has 1 heterocycles. The largest absolute Gasteiger partial charge is 0.316 e. The Hall–Kier alpha value is -0.890. The van der Waals surface area contributed by atoms with Gasteiger partial charge < -0.3 is 5.32 Å². The van der Waals surface area contributed by atoms with Crippen molar-refractivity contribution >= 4 is 0 Å². The van der Waals surface area contributed by atoms with Gasteiger partial charge in [-0.3, -0.25) is 0 Å². The van der Waals surface area contributed by atoms with E-state index < -0.39 is 6.17 Å². The zero-order valence-electron chi connectivity index (χ0n) is 8.46. The van der Waals surface area contributed by atoms with Crippen LogP contribution in [0.4, 0.5) is 4.39 Å². The molecule has 1 aromatic rings. The Bertz CT molecular complexity index is 305. The fourth-order valence-electron chi connectivity index (χ4n) is 2.08. The molecule has 76 valence electrons. The first-order chi connectivity index (χ1) is 6.79. The number of alkyl halides is 1. The molecule has 14 heavy (non-hydrogen) atoms. The average molecular weight is 193 g/mol. The standard InChI is InChI=1S/C12H16FN/c1-9-4-2-3-5-11(9)12(13)10-6-7-14-8-10/h2-5,10,12,14H,6-8H2,1H3.